The van der Waals surface area contributed by atoms with Crippen molar-refractivity contribution in [3.05, 3.63) is 76.5 Å². The topological polar surface area (TPSA) is 72.8 Å². The zero-order valence-electron chi connectivity index (χ0n) is 17.3. The van der Waals surface area contributed by atoms with Crippen molar-refractivity contribution in [2.75, 3.05) is 6.54 Å². The van der Waals surface area contributed by atoms with E-state index in [2.05, 4.69) is 38.6 Å². The van der Waals surface area contributed by atoms with Crippen LogP contribution in [0, 0.1) is 31.0 Å². The van der Waals surface area contributed by atoms with Gasteiger partial charge in [0.05, 0.1) is 21.4 Å². The van der Waals surface area contributed by atoms with E-state index in [4.69, 9.17) is 5.26 Å². The summed E-state index contributed by atoms with van der Waals surface area (Å²) in [5, 5.41) is 8.99. The molecule has 1 aliphatic heterocycles. The number of hydrogen-bond acceptors (Lipinski definition) is 3. The van der Waals surface area contributed by atoms with E-state index in [0.29, 0.717) is 40.7 Å². The van der Waals surface area contributed by atoms with Crippen molar-refractivity contribution < 1.29 is 9.18 Å². The number of halogens is 2. The lowest BCUT2D eigenvalue weighted by Crippen LogP contribution is -2.42. The third-order valence-electron chi connectivity index (χ3n) is 5.78. The van der Waals surface area contributed by atoms with Crippen molar-refractivity contribution in [2.24, 2.45) is 0 Å². The summed E-state index contributed by atoms with van der Waals surface area (Å²) in [5.74, 6) is 0.568. The number of hydrogen-bond donors (Lipinski definition) is 1. The molecule has 0 spiro atoms. The fourth-order valence-electron chi connectivity index (χ4n) is 4.15. The van der Waals surface area contributed by atoms with E-state index in [0.717, 1.165) is 18.5 Å². The number of nitrogens with zero attached hydrogens (tertiary/aromatic N) is 3. The van der Waals surface area contributed by atoms with Crippen molar-refractivity contribution in [3.8, 4) is 17.3 Å². The average molecular weight is 528 g/mol. The number of aryl methyl sites for hydroxylation is 2. The van der Waals surface area contributed by atoms with Crippen molar-refractivity contribution in [1.82, 2.24) is 14.9 Å². The third kappa shape index (κ3) is 4.35. The molecule has 1 aliphatic rings. The number of rotatable bonds is 3. The molecule has 0 bridgehead atoms. The Kier molecular flexibility index (Phi) is 6.10. The van der Waals surface area contributed by atoms with Gasteiger partial charge in [-0.15, -0.1) is 0 Å². The Labute approximate surface area is 194 Å². The Balaban J connectivity index is 1.53. The van der Waals surface area contributed by atoms with Crippen molar-refractivity contribution in [2.45, 2.75) is 36.7 Å². The minimum atomic E-state index is -0.392. The number of aromatic nitrogens is 2. The minimum absolute atomic E-state index is 0.0300. The van der Waals surface area contributed by atoms with E-state index >= 15 is 0 Å². The molecule has 1 fully saturated rings. The molecule has 0 radical (unpaired) electrons. The van der Waals surface area contributed by atoms with Crippen LogP contribution in [0.15, 0.2) is 42.5 Å². The number of imidazole rings is 1. The first-order valence-corrected chi connectivity index (χ1v) is 11.4. The molecule has 4 rings (SSSR count). The fourth-order valence-corrected chi connectivity index (χ4v) is 5.30. The first-order valence-electron chi connectivity index (χ1n) is 10.2. The van der Waals surface area contributed by atoms with Gasteiger partial charge >= 0.3 is 0 Å². The predicted octanol–water partition coefficient (Wildman–Crippen LogP) is 5.49. The molecule has 1 saturated heterocycles. The number of H-pyrrole nitrogens is 1. The van der Waals surface area contributed by atoms with E-state index in [1.165, 1.54) is 11.6 Å². The fraction of sp³-hybridized carbons (Fsp3) is 0.292. The van der Waals surface area contributed by atoms with Gasteiger partial charge in [0.15, 0.2) is 0 Å². The van der Waals surface area contributed by atoms with Crippen molar-refractivity contribution >= 4 is 28.5 Å². The molecular weight excluding hydrogens is 506 g/mol. The highest BCUT2D eigenvalue weighted by molar-refractivity contribution is 14.1. The molecule has 1 aromatic heterocycles. The molecule has 5 nitrogen and oxygen atoms in total. The van der Waals surface area contributed by atoms with E-state index in [1.807, 2.05) is 43.0 Å². The molecule has 2 heterocycles. The molecule has 2 atom stereocenters. The summed E-state index contributed by atoms with van der Waals surface area (Å²) in [7, 11) is 0. The number of benzene rings is 2. The number of likely N-dealkylation sites (tertiary alicyclic amines) is 1. The van der Waals surface area contributed by atoms with Gasteiger partial charge in [0.25, 0.3) is 5.91 Å². The Morgan fingerprint density at radius 2 is 2.00 bits per heavy atom. The zero-order valence-corrected chi connectivity index (χ0v) is 19.5. The Hall–Kier alpha value is -2.73. The lowest BCUT2D eigenvalue weighted by Gasteiger charge is -2.37. The van der Waals surface area contributed by atoms with Crippen LogP contribution in [0.3, 0.4) is 0 Å². The van der Waals surface area contributed by atoms with Crippen LogP contribution in [-0.4, -0.2) is 31.4 Å². The predicted molar refractivity (Wildman–Crippen MR) is 125 cm³/mol. The van der Waals surface area contributed by atoms with Gasteiger partial charge in [-0.2, -0.15) is 5.26 Å². The summed E-state index contributed by atoms with van der Waals surface area (Å²) in [6.07, 6.45) is 1.69. The second-order valence-corrected chi connectivity index (χ2v) is 9.32. The molecule has 2 unspecified atom stereocenters. The normalized spacial score (nSPS) is 18.6. The van der Waals surface area contributed by atoms with Crippen LogP contribution in [0.5, 0.6) is 0 Å². The maximum atomic E-state index is 14.5. The smallest absolute Gasteiger partial charge is 0.254 e. The highest BCUT2D eigenvalue weighted by Gasteiger charge is 2.31. The van der Waals surface area contributed by atoms with Crippen LogP contribution in [0.4, 0.5) is 4.39 Å². The maximum Gasteiger partial charge on any atom is 0.254 e. The Morgan fingerprint density at radius 3 is 2.61 bits per heavy atom. The van der Waals surface area contributed by atoms with E-state index in [9.17, 15) is 9.18 Å². The molecule has 0 saturated carbocycles. The molecule has 31 heavy (non-hydrogen) atoms. The standard InChI is InChI=1S/C24H22FIN4O/c1-14-23(29-15(2)28-14)20-11-19(7-8-21(20)25)24(31)30-10-9-18(12-22(30)26)17-5-3-16(13-27)4-6-17/h3-8,11,18,22H,9-10,12H2,1-2H3,(H,28,29). The van der Waals surface area contributed by atoms with Gasteiger partial charge in [0.1, 0.15) is 11.6 Å². The van der Waals surface area contributed by atoms with Crippen LogP contribution in [0.1, 0.15) is 51.8 Å². The van der Waals surface area contributed by atoms with Gasteiger partial charge < -0.3 is 9.88 Å². The lowest BCUT2D eigenvalue weighted by atomic mass is 9.88. The lowest BCUT2D eigenvalue weighted by molar-refractivity contribution is 0.0697. The number of carbonyl (C=O) groups excluding carboxylic acids is 1. The number of aromatic amines is 1. The van der Waals surface area contributed by atoms with Crippen LogP contribution in [0.25, 0.3) is 11.3 Å². The molecule has 158 valence electrons. The Bertz CT molecular complexity index is 1170. The van der Waals surface area contributed by atoms with Crippen LogP contribution >= 0.6 is 22.6 Å². The summed E-state index contributed by atoms with van der Waals surface area (Å²) in [4.78, 5) is 22.6. The van der Waals surface area contributed by atoms with Gasteiger partial charge in [-0.1, -0.05) is 34.7 Å². The van der Waals surface area contributed by atoms with Crippen LogP contribution in [0.2, 0.25) is 0 Å². The van der Waals surface area contributed by atoms with Crippen LogP contribution < -0.4 is 0 Å². The highest BCUT2D eigenvalue weighted by Crippen LogP contribution is 2.35. The second kappa shape index (κ2) is 8.79. The molecule has 1 amide bonds. The van der Waals surface area contributed by atoms with E-state index < -0.39 is 5.82 Å². The van der Waals surface area contributed by atoms with Crippen molar-refractivity contribution in [3.63, 3.8) is 0 Å². The maximum absolute atomic E-state index is 14.5. The van der Waals surface area contributed by atoms with E-state index in [-0.39, 0.29) is 9.96 Å². The number of amides is 1. The van der Waals surface area contributed by atoms with E-state index in [1.54, 1.807) is 12.1 Å². The summed E-state index contributed by atoms with van der Waals surface area (Å²) < 4.78 is 14.5. The summed E-state index contributed by atoms with van der Waals surface area (Å²) >= 11 is 2.31. The van der Waals surface area contributed by atoms with Gasteiger partial charge in [-0.25, -0.2) is 9.37 Å². The average Bonchev–Trinajstić information content (AvgIpc) is 3.11. The molecular formula is C24H22FIN4O. The minimum Gasteiger partial charge on any atom is -0.346 e. The van der Waals surface area contributed by atoms with Gasteiger partial charge in [-0.05, 0) is 68.5 Å². The number of alkyl halides is 1. The monoisotopic (exact) mass is 528 g/mol. The third-order valence-corrected chi connectivity index (χ3v) is 6.96. The highest BCUT2D eigenvalue weighted by atomic mass is 127. The number of nitrogens with one attached hydrogen (secondary N) is 1. The summed E-state index contributed by atoms with van der Waals surface area (Å²) in [6, 6.07) is 14.3. The molecule has 7 heteroatoms. The number of nitriles is 1. The molecule has 3 aromatic rings. The number of piperidine rings is 1. The zero-order chi connectivity index (χ0) is 22.1. The number of carbonyl (C=O) groups is 1. The van der Waals surface area contributed by atoms with Crippen molar-refractivity contribution in [1.29, 1.82) is 5.26 Å². The largest absolute Gasteiger partial charge is 0.346 e. The molecule has 0 aliphatic carbocycles. The van der Waals surface area contributed by atoms with Gasteiger partial charge in [-0.3, -0.25) is 4.79 Å². The van der Waals surface area contributed by atoms with Gasteiger partial charge in [0, 0.05) is 23.4 Å². The SMILES string of the molecule is Cc1nc(-c2cc(C(=O)N3CCC(c4ccc(C#N)cc4)CC3I)ccc2F)c(C)[nH]1. The quantitative estimate of drug-likeness (QED) is 0.278. The molecule has 2 aromatic carbocycles. The second-order valence-electron chi connectivity index (χ2n) is 7.88. The first kappa shape index (κ1) is 21.5. The summed E-state index contributed by atoms with van der Waals surface area (Å²) in [5.41, 5.74) is 3.96. The summed E-state index contributed by atoms with van der Waals surface area (Å²) in [6.45, 7) is 4.30. The van der Waals surface area contributed by atoms with Crippen LogP contribution in [-0.2, 0) is 0 Å². The Morgan fingerprint density at radius 1 is 1.26 bits per heavy atom. The molecule has 1 N–H and O–H groups in total. The van der Waals surface area contributed by atoms with Gasteiger partial charge in [0.2, 0.25) is 0 Å². The first-order chi connectivity index (χ1) is 14.9.